The topological polar surface area (TPSA) is 84.0 Å². The quantitative estimate of drug-likeness (QED) is 0.850. The first kappa shape index (κ1) is 19.5. The maximum atomic E-state index is 12.8. The van der Waals surface area contributed by atoms with Crippen LogP contribution in [0.3, 0.4) is 0 Å². The minimum absolute atomic E-state index is 0.0379. The molecule has 0 aliphatic carbocycles. The first-order valence-electron chi connectivity index (χ1n) is 9.01. The number of hydrogen-bond acceptors (Lipinski definition) is 6. The van der Waals surface area contributed by atoms with Crippen molar-refractivity contribution >= 4 is 23.3 Å². The molecule has 1 aromatic heterocycles. The van der Waals surface area contributed by atoms with E-state index in [9.17, 15) is 9.59 Å². The molecule has 1 aliphatic heterocycles. The summed E-state index contributed by atoms with van der Waals surface area (Å²) in [6.07, 6.45) is 1.59. The van der Waals surface area contributed by atoms with Gasteiger partial charge in [0.2, 0.25) is 5.91 Å². The van der Waals surface area contributed by atoms with Gasteiger partial charge in [-0.1, -0.05) is 0 Å². The Kier molecular flexibility index (Phi) is 5.98. The summed E-state index contributed by atoms with van der Waals surface area (Å²) in [5, 5.41) is 3.18. The average Bonchev–Trinajstić information content (AvgIpc) is 2.73. The third-order valence-corrected chi connectivity index (χ3v) is 4.69. The summed E-state index contributed by atoms with van der Waals surface area (Å²) in [6, 6.07) is 8.81. The second kappa shape index (κ2) is 8.60. The van der Waals surface area contributed by atoms with Crippen molar-refractivity contribution < 1.29 is 19.1 Å². The van der Waals surface area contributed by atoms with E-state index in [2.05, 4.69) is 10.3 Å². The van der Waals surface area contributed by atoms with Gasteiger partial charge in [-0.15, -0.1) is 0 Å². The second-order valence-corrected chi connectivity index (χ2v) is 6.42. The summed E-state index contributed by atoms with van der Waals surface area (Å²) in [6.45, 7) is 3.71. The standard InChI is InChI=1S/C20H24N4O4/c1-14(25)23-8-10-24(11-9-23)20(26)15-6-7-21-19(12-15)22-17-5-4-16(27-2)13-18(17)28-3/h4-7,12-13H,8-11H2,1-3H3,(H,21,22). The van der Waals surface area contributed by atoms with Crippen molar-refractivity contribution in [3.05, 3.63) is 42.1 Å². The number of anilines is 2. The van der Waals surface area contributed by atoms with Crippen molar-refractivity contribution in [2.75, 3.05) is 45.7 Å². The summed E-state index contributed by atoms with van der Waals surface area (Å²) >= 11 is 0. The molecule has 1 saturated heterocycles. The molecule has 0 unspecified atom stereocenters. The SMILES string of the molecule is COc1ccc(Nc2cc(C(=O)N3CCN(C(C)=O)CC3)ccn2)c(OC)c1. The van der Waals surface area contributed by atoms with E-state index in [4.69, 9.17) is 9.47 Å². The lowest BCUT2D eigenvalue weighted by Crippen LogP contribution is -2.50. The highest BCUT2D eigenvalue weighted by atomic mass is 16.5. The molecule has 8 nitrogen and oxygen atoms in total. The molecule has 0 spiro atoms. The van der Waals surface area contributed by atoms with Gasteiger partial charge in [0.05, 0.1) is 19.9 Å². The van der Waals surface area contributed by atoms with Gasteiger partial charge in [-0.25, -0.2) is 4.98 Å². The number of piperazine rings is 1. The molecule has 0 radical (unpaired) electrons. The highest BCUT2D eigenvalue weighted by Gasteiger charge is 2.23. The van der Waals surface area contributed by atoms with E-state index in [0.29, 0.717) is 49.1 Å². The van der Waals surface area contributed by atoms with E-state index in [1.165, 1.54) is 0 Å². The average molecular weight is 384 g/mol. The number of carbonyl (C=O) groups excluding carboxylic acids is 2. The molecular formula is C20H24N4O4. The lowest BCUT2D eigenvalue weighted by atomic mass is 10.2. The number of nitrogens with one attached hydrogen (secondary N) is 1. The van der Waals surface area contributed by atoms with Crippen LogP contribution in [0.15, 0.2) is 36.5 Å². The highest BCUT2D eigenvalue weighted by molar-refractivity contribution is 5.95. The van der Waals surface area contributed by atoms with E-state index in [-0.39, 0.29) is 11.8 Å². The molecule has 28 heavy (non-hydrogen) atoms. The minimum atomic E-state index is -0.0738. The van der Waals surface area contributed by atoms with Crippen LogP contribution < -0.4 is 14.8 Å². The van der Waals surface area contributed by atoms with Crippen LogP contribution in [0.25, 0.3) is 0 Å². The van der Waals surface area contributed by atoms with Gasteiger partial charge >= 0.3 is 0 Å². The molecule has 1 aromatic carbocycles. The number of ether oxygens (including phenoxy) is 2. The van der Waals surface area contributed by atoms with Crippen LogP contribution in [-0.2, 0) is 4.79 Å². The third-order valence-electron chi connectivity index (χ3n) is 4.69. The number of methoxy groups -OCH3 is 2. The first-order valence-corrected chi connectivity index (χ1v) is 9.01. The van der Waals surface area contributed by atoms with Gasteiger partial charge < -0.3 is 24.6 Å². The van der Waals surface area contributed by atoms with E-state index in [1.807, 2.05) is 12.1 Å². The van der Waals surface area contributed by atoms with Crippen molar-refractivity contribution in [2.45, 2.75) is 6.92 Å². The first-order chi connectivity index (χ1) is 13.5. The van der Waals surface area contributed by atoms with E-state index < -0.39 is 0 Å². The molecule has 2 aromatic rings. The fourth-order valence-corrected chi connectivity index (χ4v) is 3.08. The summed E-state index contributed by atoms with van der Waals surface area (Å²) in [4.78, 5) is 32.1. The predicted octanol–water partition coefficient (Wildman–Crippen LogP) is 2.15. The van der Waals surface area contributed by atoms with Crippen molar-refractivity contribution in [3.8, 4) is 11.5 Å². The zero-order valence-corrected chi connectivity index (χ0v) is 16.3. The summed E-state index contributed by atoms with van der Waals surface area (Å²) in [7, 11) is 3.17. The minimum Gasteiger partial charge on any atom is -0.497 e. The fraction of sp³-hybridized carbons (Fsp3) is 0.350. The molecule has 0 atom stereocenters. The molecule has 3 rings (SSSR count). The Labute approximate surface area is 164 Å². The maximum Gasteiger partial charge on any atom is 0.254 e. The highest BCUT2D eigenvalue weighted by Crippen LogP contribution is 2.31. The van der Waals surface area contributed by atoms with Gasteiger partial charge in [0.15, 0.2) is 0 Å². The predicted molar refractivity (Wildman–Crippen MR) is 105 cm³/mol. The Morgan fingerprint density at radius 3 is 2.36 bits per heavy atom. The largest absolute Gasteiger partial charge is 0.497 e. The van der Waals surface area contributed by atoms with Crippen LogP contribution in [0.2, 0.25) is 0 Å². The Bertz CT molecular complexity index is 863. The molecule has 1 fully saturated rings. The Morgan fingerprint density at radius 2 is 1.71 bits per heavy atom. The molecular weight excluding hydrogens is 360 g/mol. The van der Waals surface area contributed by atoms with Crippen LogP contribution in [0, 0.1) is 0 Å². The molecule has 8 heteroatoms. The number of nitrogens with zero attached hydrogens (tertiary/aromatic N) is 3. The molecule has 0 saturated carbocycles. The number of amides is 2. The number of pyridine rings is 1. The zero-order valence-electron chi connectivity index (χ0n) is 16.3. The Hall–Kier alpha value is -3.29. The molecule has 0 bridgehead atoms. The second-order valence-electron chi connectivity index (χ2n) is 6.42. The number of benzene rings is 1. The molecule has 1 aliphatic rings. The Balaban J connectivity index is 1.72. The molecule has 2 heterocycles. The van der Waals surface area contributed by atoms with Gasteiger partial charge in [0, 0.05) is 50.9 Å². The van der Waals surface area contributed by atoms with E-state index in [1.54, 1.807) is 55.3 Å². The van der Waals surface area contributed by atoms with Crippen LogP contribution in [0.1, 0.15) is 17.3 Å². The van der Waals surface area contributed by atoms with Crippen LogP contribution >= 0.6 is 0 Å². The van der Waals surface area contributed by atoms with Gasteiger partial charge in [0.25, 0.3) is 5.91 Å². The van der Waals surface area contributed by atoms with Crippen molar-refractivity contribution in [1.29, 1.82) is 0 Å². The number of rotatable bonds is 5. The van der Waals surface area contributed by atoms with Crippen LogP contribution in [-0.4, -0.2) is 67.0 Å². The van der Waals surface area contributed by atoms with Gasteiger partial charge in [-0.3, -0.25) is 9.59 Å². The zero-order chi connectivity index (χ0) is 20.1. The molecule has 148 valence electrons. The molecule has 1 N–H and O–H groups in total. The lowest BCUT2D eigenvalue weighted by molar-refractivity contribution is -0.130. The third kappa shape index (κ3) is 4.33. The summed E-state index contributed by atoms with van der Waals surface area (Å²) in [5.74, 6) is 1.80. The summed E-state index contributed by atoms with van der Waals surface area (Å²) < 4.78 is 10.6. The lowest BCUT2D eigenvalue weighted by Gasteiger charge is -2.34. The molecule has 2 amide bonds. The van der Waals surface area contributed by atoms with Gasteiger partial charge in [-0.2, -0.15) is 0 Å². The number of hydrogen-bond donors (Lipinski definition) is 1. The van der Waals surface area contributed by atoms with Crippen molar-refractivity contribution in [3.63, 3.8) is 0 Å². The monoisotopic (exact) mass is 384 g/mol. The smallest absolute Gasteiger partial charge is 0.254 e. The number of carbonyl (C=O) groups is 2. The Morgan fingerprint density at radius 1 is 1.00 bits per heavy atom. The van der Waals surface area contributed by atoms with Crippen LogP contribution in [0.5, 0.6) is 11.5 Å². The van der Waals surface area contributed by atoms with E-state index in [0.717, 1.165) is 5.69 Å². The van der Waals surface area contributed by atoms with Crippen LogP contribution in [0.4, 0.5) is 11.5 Å². The van der Waals surface area contributed by atoms with Gasteiger partial charge in [-0.05, 0) is 24.3 Å². The van der Waals surface area contributed by atoms with Gasteiger partial charge in [0.1, 0.15) is 17.3 Å². The van der Waals surface area contributed by atoms with Crippen molar-refractivity contribution in [2.24, 2.45) is 0 Å². The fourth-order valence-electron chi connectivity index (χ4n) is 3.08. The summed E-state index contributed by atoms with van der Waals surface area (Å²) in [5.41, 5.74) is 1.26. The van der Waals surface area contributed by atoms with Crippen molar-refractivity contribution in [1.82, 2.24) is 14.8 Å². The maximum absolute atomic E-state index is 12.8. The van der Waals surface area contributed by atoms with E-state index >= 15 is 0 Å². The number of aromatic nitrogens is 1. The normalized spacial score (nSPS) is 13.8.